The largest absolute Gasteiger partial charge is 0.448 e. The molecule has 11 nitrogen and oxygen atoms in total. The van der Waals surface area contributed by atoms with E-state index < -0.39 is 12.0 Å². The Kier molecular flexibility index (Phi) is 6.87. The number of hydrogen-bond donors (Lipinski definition) is 2. The molecule has 1 aliphatic heterocycles. The second-order valence-electron chi connectivity index (χ2n) is 7.13. The number of allylic oxidation sites excluding steroid dienone is 1. The lowest BCUT2D eigenvalue weighted by atomic mass is 10.2. The molecule has 0 aliphatic carbocycles. The second kappa shape index (κ2) is 10.3. The molecule has 34 heavy (non-hydrogen) atoms. The van der Waals surface area contributed by atoms with E-state index in [1.807, 2.05) is 0 Å². The third-order valence-corrected chi connectivity index (χ3v) is 4.73. The number of aliphatic imine (C=N–C) groups is 1. The lowest BCUT2D eigenvalue weighted by Gasteiger charge is -2.12. The van der Waals surface area contributed by atoms with E-state index in [9.17, 15) is 14.0 Å². The highest BCUT2D eigenvalue weighted by atomic mass is 19.1. The molecule has 3 N–H and O–H groups in total. The lowest BCUT2D eigenvalue weighted by molar-refractivity contribution is -0.116. The lowest BCUT2D eigenvalue weighted by Crippen LogP contribution is -2.34. The average molecular weight is 465 g/mol. The number of amides is 2. The number of hydrogen-bond acceptors (Lipinski definition) is 9. The number of aromatic nitrogens is 3. The van der Waals surface area contributed by atoms with Gasteiger partial charge in [0.15, 0.2) is 5.82 Å². The molecular formula is C22H20FN7O4. The van der Waals surface area contributed by atoms with Gasteiger partial charge in [0.2, 0.25) is 5.91 Å². The van der Waals surface area contributed by atoms with Gasteiger partial charge in [0.1, 0.15) is 36.7 Å². The molecule has 0 radical (unpaired) electrons. The van der Waals surface area contributed by atoms with E-state index in [1.165, 1.54) is 35.6 Å². The van der Waals surface area contributed by atoms with Crippen LogP contribution < -0.4 is 11.1 Å². The van der Waals surface area contributed by atoms with Crippen molar-refractivity contribution in [3.63, 3.8) is 0 Å². The van der Waals surface area contributed by atoms with Crippen LogP contribution in [0.3, 0.4) is 0 Å². The summed E-state index contributed by atoms with van der Waals surface area (Å²) in [5, 5.41) is 6.47. The molecule has 12 heteroatoms. The summed E-state index contributed by atoms with van der Waals surface area (Å²) in [5.41, 5.74) is 7.45. The van der Waals surface area contributed by atoms with E-state index in [1.54, 1.807) is 24.3 Å². The fraction of sp³-hybridized carbons (Fsp3) is 0.182. The molecule has 0 atom stereocenters. The Morgan fingerprint density at radius 1 is 1.29 bits per heavy atom. The number of nitrogens with one attached hydrogen (secondary N) is 1. The summed E-state index contributed by atoms with van der Waals surface area (Å²) in [4.78, 5) is 37.8. The molecule has 1 saturated heterocycles. The number of carbonyl (C=O) groups is 2. The zero-order valence-corrected chi connectivity index (χ0v) is 17.8. The van der Waals surface area contributed by atoms with Gasteiger partial charge in [-0.05, 0) is 18.2 Å². The number of rotatable bonds is 8. The summed E-state index contributed by atoms with van der Waals surface area (Å²) in [5.74, 6) is -0.497. The van der Waals surface area contributed by atoms with Crippen LogP contribution in [0, 0.1) is 5.82 Å². The van der Waals surface area contributed by atoms with E-state index in [0.717, 1.165) is 0 Å². The minimum atomic E-state index is -0.541. The molecule has 0 unspecified atom stereocenters. The number of nitrogens with two attached hydrogens (primary N) is 1. The smallest absolute Gasteiger partial charge is 0.410 e. The Hall–Kier alpha value is -4.61. The Morgan fingerprint density at radius 3 is 2.88 bits per heavy atom. The van der Waals surface area contributed by atoms with Crippen molar-refractivity contribution in [2.24, 2.45) is 10.7 Å². The zero-order chi connectivity index (χ0) is 23.9. The number of nitrogens with zero attached hydrogens (tertiary/aromatic N) is 5. The van der Waals surface area contributed by atoms with E-state index in [2.05, 4.69) is 25.4 Å². The third-order valence-electron chi connectivity index (χ3n) is 4.73. The van der Waals surface area contributed by atoms with Crippen molar-refractivity contribution in [3.05, 3.63) is 77.8 Å². The molecule has 1 aromatic carbocycles. The van der Waals surface area contributed by atoms with Crippen molar-refractivity contribution < 1.29 is 23.2 Å². The van der Waals surface area contributed by atoms with Crippen molar-refractivity contribution >= 4 is 29.2 Å². The molecular weight excluding hydrogens is 445 g/mol. The first-order valence-electron chi connectivity index (χ1n) is 10.2. The van der Waals surface area contributed by atoms with Gasteiger partial charge >= 0.3 is 6.09 Å². The molecule has 0 bridgehead atoms. The highest BCUT2D eigenvalue weighted by Crippen LogP contribution is 2.13. The third kappa shape index (κ3) is 5.59. The van der Waals surface area contributed by atoms with Crippen LogP contribution in [-0.4, -0.2) is 57.4 Å². The van der Waals surface area contributed by atoms with Crippen LogP contribution in [0.4, 0.5) is 15.0 Å². The van der Waals surface area contributed by atoms with Crippen LogP contribution in [0.5, 0.6) is 0 Å². The first kappa shape index (κ1) is 22.6. The first-order valence-corrected chi connectivity index (χ1v) is 10.2. The molecule has 2 amide bonds. The maximum atomic E-state index is 14.0. The Balaban J connectivity index is 1.52. The summed E-state index contributed by atoms with van der Waals surface area (Å²) < 4.78 is 23.7. The number of benzene rings is 1. The summed E-state index contributed by atoms with van der Waals surface area (Å²) >= 11 is 0. The SMILES string of the molecule is NC(=CC(=NCc1ccccc1F)c1ccon1)c1nccc(NC(=O)CN2CCOC2=O)n1. The van der Waals surface area contributed by atoms with Gasteiger partial charge in [0, 0.05) is 17.8 Å². The molecule has 3 heterocycles. The number of ether oxygens (including phenoxy) is 1. The van der Waals surface area contributed by atoms with Crippen LogP contribution in [0.2, 0.25) is 0 Å². The molecule has 1 aliphatic rings. The fourth-order valence-corrected chi connectivity index (χ4v) is 3.05. The predicted octanol–water partition coefficient (Wildman–Crippen LogP) is 1.98. The molecule has 2 aromatic heterocycles. The average Bonchev–Trinajstić information content (AvgIpc) is 3.50. The van der Waals surface area contributed by atoms with E-state index in [0.29, 0.717) is 23.5 Å². The Morgan fingerprint density at radius 2 is 2.15 bits per heavy atom. The predicted molar refractivity (Wildman–Crippen MR) is 119 cm³/mol. The summed E-state index contributed by atoms with van der Waals surface area (Å²) in [6.07, 6.45) is 3.75. The van der Waals surface area contributed by atoms with Crippen LogP contribution in [0.25, 0.3) is 5.70 Å². The van der Waals surface area contributed by atoms with Gasteiger partial charge in [-0.3, -0.25) is 14.7 Å². The van der Waals surface area contributed by atoms with Crippen LogP contribution in [0.1, 0.15) is 17.1 Å². The molecule has 3 aromatic rings. The number of carbonyl (C=O) groups excluding carboxylic acids is 2. The number of cyclic esters (lactones) is 1. The zero-order valence-electron chi connectivity index (χ0n) is 17.8. The first-order chi connectivity index (χ1) is 16.5. The van der Waals surface area contributed by atoms with Gasteiger partial charge in [-0.25, -0.2) is 19.2 Å². The van der Waals surface area contributed by atoms with Gasteiger partial charge in [-0.15, -0.1) is 0 Å². The van der Waals surface area contributed by atoms with Crippen molar-refractivity contribution in [1.82, 2.24) is 20.0 Å². The summed E-state index contributed by atoms with van der Waals surface area (Å²) in [6.45, 7) is 0.475. The summed E-state index contributed by atoms with van der Waals surface area (Å²) in [6, 6.07) is 9.37. The van der Waals surface area contributed by atoms with Crippen molar-refractivity contribution in [2.45, 2.75) is 6.54 Å². The van der Waals surface area contributed by atoms with Crippen LogP contribution in [-0.2, 0) is 16.1 Å². The normalized spacial score (nSPS) is 14.3. The van der Waals surface area contributed by atoms with E-state index >= 15 is 0 Å². The minimum Gasteiger partial charge on any atom is -0.448 e. The molecule has 4 rings (SSSR count). The van der Waals surface area contributed by atoms with Gasteiger partial charge in [-0.2, -0.15) is 0 Å². The fourth-order valence-electron chi connectivity index (χ4n) is 3.05. The molecule has 174 valence electrons. The highest BCUT2D eigenvalue weighted by molar-refractivity contribution is 6.10. The number of halogens is 1. The topological polar surface area (TPSA) is 149 Å². The standard InChI is InChI=1S/C22H20FN7O4/c23-15-4-2-1-3-14(15)12-26-18(17-6-9-34-29-17)11-16(24)21-25-7-5-19(28-21)27-20(31)13-30-8-10-33-22(30)32/h1-7,9,11H,8,10,12-13,24H2,(H,25,27,28,31). The minimum absolute atomic E-state index is 0.0501. The second-order valence-corrected chi connectivity index (χ2v) is 7.13. The molecule has 0 saturated carbocycles. The maximum Gasteiger partial charge on any atom is 0.410 e. The Bertz CT molecular complexity index is 1240. The van der Waals surface area contributed by atoms with Gasteiger partial charge in [0.25, 0.3) is 0 Å². The van der Waals surface area contributed by atoms with E-state index in [4.69, 9.17) is 15.0 Å². The maximum absolute atomic E-state index is 14.0. The van der Waals surface area contributed by atoms with Gasteiger partial charge < -0.3 is 20.3 Å². The van der Waals surface area contributed by atoms with Crippen LogP contribution in [0.15, 0.2) is 64.4 Å². The highest BCUT2D eigenvalue weighted by Gasteiger charge is 2.24. The van der Waals surface area contributed by atoms with Crippen molar-refractivity contribution in [2.75, 3.05) is 25.0 Å². The van der Waals surface area contributed by atoms with Gasteiger partial charge in [-0.1, -0.05) is 23.4 Å². The quantitative estimate of drug-likeness (QED) is 0.480. The van der Waals surface area contributed by atoms with Gasteiger partial charge in [0.05, 0.1) is 24.5 Å². The molecule has 0 spiro atoms. The Labute approximate surface area is 193 Å². The summed E-state index contributed by atoms with van der Waals surface area (Å²) in [7, 11) is 0. The van der Waals surface area contributed by atoms with Crippen molar-refractivity contribution in [3.8, 4) is 0 Å². The number of anilines is 1. The monoisotopic (exact) mass is 465 g/mol. The van der Waals surface area contributed by atoms with Crippen LogP contribution >= 0.6 is 0 Å². The van der Waals surface area contributed by atoms with E-state index in [-0.39, 0.29) is 42.9 Å². The molecule has 1 fully saturated rings. The van der Waals surface area contributed by atoms with Crippen molar-refractivity contribution in [1.29, 1.82) is 0 Å².